The number of hydrogen-bond acceptors (Lipinski definition) is 4. The molecule has 1 aliphatic rings. The van der Waals surface area contributed by atoms with E-state index in [-0.39, 0.29) is 21.2 Å². The monoisotopic (exact) mass is 432 g/mol. The van der Waals surface area contributed by atoms with Crippen molar-refractivity contribution in [3.8, 4) is 5.75 Å². The number of ether oxygens (including phenoxy) is 2. The van der Waals surface area contributed by atoms with Crippen LogP contribution in [0, 0.1) is 0 Å². The van der Waals surface area contributed by atoms with Crippen LogP contribution in [0.2, 0.25) is 0 Å². The molecule has 4 nitrogen and oxygen atoms in total. The quantitative estimate of drug-likeness (QED) is 0.729. The average Bonchev–Trinajstić information content (AvgIpc) is 2.45. The summed E-state index contributed by atoms with van der Waals surface area (Å²) in [5.41, 5.74) is 0.602. The van der Waals surface area contributed by atoms with E-state index in [9.17, 15) is 4.79 Å². The van der Waals surface area contributed by atoms with Crippen LogP contribution in [0.4, 0.5) is 4.79 Å². The Morgan fingerprint density at radius 1 is 1.27 bits per heavy atom. The van der Waals surface area contributed by atoms with Gasteiger partial charge in [0.15, 0.2) is 0 Å². The van der Waals surface area contributed by atoms with Gasteiger partial charge in [-0.15, -0.1) is 0 Å². The van der Waals surface area contributed by atoms with Crippen molar-refractivity contribution in [3.63, 3.8) is 0 Å². The molecule has 120 valence electrons. The molecule has 0 unspecified atom stereocenters. The molecular formula is C16H19INO3S-. The summed E-state index contributed by atoms with van der Waals surface area (Å²) in [6.07, 6.45) is -0.415. The van der Waals surface area contributed by atoms with E-state index >= 15 is 0 Å². The summed E-state index contributed by atoms with van der Waals surface area (Å²) in [6, 6.07) is 7.93. The van der Waals surface area contributed by atoms with E-state index in [0.717, 1.165) is 21.2 Å². The third-order valence-corrected chi connectivity index (χ3v) is 6.35. The van der Waals surface area contributed by atoms with Crippen molar-refractivity contribution in [2.45, 2.75) is 26.4 Å². The van der Waals surface area contributed by atoms with Crippen molar-refractivity contribution in [1.29, 1.82) is 0 Å². The summed E-state index contributed by atoms with van der Waals surface area (Å²) in [7, 11) is 1.66. The Bertz CT molecular complexity index is 620. The van der Waals surface area contributed by atoms with Crippen LogP contribution in [0.1, 0.15) is 26.3 Å². The molecule has 1 aromatic carbocycles. The van der Waals surface area contributed by atoms with Gasteiger partial charge < -0.3 is 0 Å². The fourth-order valence-corrected chi connectivity index (χ4v) is 5.17. The Labute approximate surface area is 145 Å². The van der Waals surface area contributed by atoms with Crippen LogP contribution >= 0.6 is 11.8 Å². The molecule has 6 heteroatoms. The van der Waals surface area contributed by atoms with Gasteiger partial charge in [-0.25, -0.2) is 0 Å². The first-order valence-corrected chi connectivity index (χ1v) is 10.0. The summed E-state index contributed by atoms with van der Waals surface area (Å²) in [4.78, 5) is 13.0. The second-order valence-corrected chi connectivity index (χ2v) is 8.58. The standard InChI is InChI=1S/C16H19INO3S/c1-16(2,3)21-15(19)18-14-10-17-9-13(22-14)11-6-5-7-12(8-11)20-4/h5-10H,1-4H3,(H,18,19)/q-1. The number of carbonyl (C=O) groups excluding carboxylic acids is 1. The van der Waals surface area contributed by atoms with Gasteiger partial charge in [-0.05, 0) is 0 Å². The number of halogens is 1. The van der Waals surface area contributed by atoms with Gasteiger partial charge in [0, 0.05) is 0 Å². The first-order chi connectivity index (χ1) is 10.4. The molecule has 1 aliphatic heterocycles. The van der Waals surface area contributed by atoms with E-state index in [2.05, 4.69) is 13.5 Å². The van der Waals surface area contributed by atoms with E-state index in [1.54, 1.807) is 18.9 Å². The fourth-order valence-electron chi connectivity index (χ4n) is 1.66. The molecule has 0 spiro atoms. The summed E-state index contributed by atoms with van der Waals surface area (Å²) < 4.78 is 14.9. The van der Waals surface area contributed by atoms with Crippen molar-refractivity contribution in [2.75, 3.05) is 7.11 Å². The van der Waals surface area contributed by atoms with Crippen molar-refractivity contribution < 1.29 is 35.5 Å². The zero-order chi connectivity index (χ0) is 16.2. The number of hydrogen-bond donors (Lipinski definition) is 1. The number of benzene rings is 1. The van der Waals surface area contributed by atoms with E-state index in [4.69, 9.17) is 9.47 Å². The Morgan fingerprint density at radius 2 is 2.05 bits per heavy atom. The molecule has 0 aromatic heterocycles. The third-order valence-electron chi connectivity index (χ3n) is 2.52. The van der Waals surface area contributed by atoms with E-state index < -0.39 is 11.7 Å². The average molecular weight is 432 g/mol. The van der Waals surface area contributed by atoms with Gasteiger partial charge in [0.25, 0.3) is 0 Å². The second-order valence-electron chi connectivity index (χ2n) is 5.53. The predicted molar refractivity (Wildman–Crippen MR) is 86.0 cm³/mol. The molecule has 1 amide bonds. The maximum atomic E-state index is 11.9. The molecule has 1 N–H and O–H groups in total. The molecule has 1 aromatic rings. The van der Waals surface area contributed by atoms with Crippen LogP contribution < -0.4 is 31.3 Å². The van der Waals surface area contributed by atoms with Crippen molar-refractivity contribution in [3.05, 3.63) is 43.0 Å². The van der Waals surface area contributed by atoms with Crippen LogP contribution in [-0.4, -0.2) is 18.8 Å². The Balaban J connectivity index is 2.01. The molecule has 0 saturated heterocycles. The molecule has 0 atom stereocenters. The van der Waals surface area contributed by atoms with Crippen molar-refractivity contribution in [2.24, 2.45) is 0 Å². The van der Waals surface area contributed by atoms with E-state index in [1.165, 1.54) is 0 Å². The number of alkyl carbamates (subject to hydrolysis) is 1. The first-order valence-electron chi connectivity index (χ1n) is 6.72. The van der Waals surface area contributed by atoms with E-state index in [1.807, 2.05) is 45.0 Å². The second kappa shape index (κ2) is 7.41. The molecule has 0 aliphatic carbocycles. The number of methoxy groups -OCH3 is 1. The van der Waals surface area contributed by atoms with Gasteiger partial charge in [-0.2, -0.15) is 0 Å². The Kier molecular flexibility index (Phi) is 5.80. The SMILES string of the molecule is COc1cccc(C2=C[I-]C=C(NC(=O)OC(C)(C)C)S2)c1. The van der Waals surface area contributed by atoms with Crippen LogP contribution in [0.3, 0.4) is 0 Å². The predicted octanol–water partition coefficient (Wildman–Crippen LogP) is 1.15. The van der Waals surface area contributed by atoms with Crippen LogP contribution in [-0.2, 0) is 4.74 Å². The minimum absolute atomic E-state index is 0.228. The van der Waals surface area contributed by atoms with Crippen LogP contribution in [0.15, 0.2) is 37.5 Å². The number of carbonyl (C=O) groups is 1. The molecular weight excluding hydrogens is 413 g/mol. The zero-order valence-corrected chi connectivity index (χ0v) is 15.9. The summed E-state index contributed by atoms with van der Waals surface area (Å²) >= 11 is 1.31. The third kappa shape index (κ3) is 5.24. The molecule has 0 bridgehead atoms. The summed E-state index contributed by atoms with van der Waals surface area (Å²) in [6.45, 7) is 5.55. The Morgan fingerprint density at radius 3 is 2.73 bits per heavy atom. The minimum atomic E-state index is -0.496. The van der Waals surface area contributed by atoms with Crippen LogP contribution in [0.25, 0.3) is 4.91 Å². The number of thioether (sulfide) groups is 1. The summed E-state index contributed by atoms with van der Waals surface area (Å²) in [5, 5.41) is 3.66. The molecule has 2 rings (SSSR count). The van der Waals surface area contributed by atoms with E-state index in [0.29, 0.717) is 0 Å². The number of rotatable bonds is 3. The van der Waals surface area contributed by atoms with Gasteiger partial charge in [-0.1, -0.05) is 0 Å². The molecule has 1 heterocycles. The Hall–Kier alpha value is -1.15. The van der Waals surface area contributed by atoms with Gasteiger partial charge in [0.1, 0.15) is 0 Å². The molecule has 0 saturated carbocycles. The van der Waals surface area contributed by atoms with Crippen molar-refractivity contribution in [1.82, 2.24) is 5.32 Å². The first kappa shape index (κ1) is 17.2. The van der Waals surface area contributed by atoms with Gasteiger partial charge in [-0.3, -0.25) is 0 Å². The van der Waals surface area contributed by atoms with Gasteiger partial charge in [0.2, 0.25) is 0 Å². The topological polar surface area (TPSA) is 47.6 Å². The van der Waals surface area contributed by atoms with Crippen molar-refractivity contribution >= 4 is 22.8 Å². The van der Waals surface area contributed by atoms with Gasteiger partial charge in [0.05, 0.1) is 0 Å². The molecule has 22 heavy (non-hydrogen) atoms. The normalized spacial score (nSPS) is 15.1. The van der Waals surface area contributed by atoms with Gasteiger partial charge >= 0.3 is 146 Å². The fraction of sp³-hybridized carbons (Fsp3) is 0.312. The number of nitrogens with one attached hydrogen (secondary N) is 1. The zero-order valence-electron chi connectivity index (χ0n) is 13.0. The van der Waals surface area contributed by atoms with Crippen LogP contribution in [0.5, 0.6) is 5.75 Å². The number of amides is 1. The maximum absolute atomic E-state index is 11.9. The summed E-state index contributed by atoms with van der Waals surface area (Å²) in [5.74, 6) is 0.827. The molecule has 0 fully saturated rings. The molecule has 0 radical (unpaired) electrons.